The topological polar surface area (TPSA) is 62.2 Å². The third kappa shape index (κ3) is 5.37. The van der Waals surface area contributed by atoms with E-state index in [1.165, 1.54) is 0 Å². The molecule has 3 rings (SSSR count). The summed E-state index contributed by atoms with van der Waals surface area (Å²) in [4.78, 5) is 15.5. The van der Waals surface area contributed by atoms with Crippen LogP contribution >= 0.6 is 0 Å². The molecule has 2 aliphatic heterocycles. The van der Waals surface area contributed by atoms with Gasteiger partial charge in [-0.25, -0.2) is 8.78 Å². The Bertz CT molecular complexity index is 647. The molecule has 1 amide bonds. The van der Waals surface area contributed by atoms with Crippen molar-refractivity contribution < 1.29 is 28.2 Å². The molecule has 1 aromatic rings. The van der Waals surface area contributed by atoms with E-state index in [1.54, 1.807) is 6.92 Å². The monoisotopic (exact) mass is 384 g/mol. The van der Waals surface area contributed by atoms with Gasteiger partial charge >= 0.3 is 0 Å². The van der Waals surface area contributed by atoms with E-state index in [0.717, 1.165) is 31.0 Å². The van der Waals surface area contributed by atoms with Gasteiger partial charge in [0.2, 0.25) is 5.91 Å². The van der Waals surface area contributed by atoms with Crippen molar-refractivity contribution in [3.8, 4) is 5.75 Å². The van der Waals surface area contributed by atoms with Gasteiger partial charge in [-0.1, -0.05) is 0 Å². The number of hydrogen-bond acceptors (Lipinski definition) is 5. The van der Waals surface area contributed by atoms with Crippen molar-refractivity contribution in [2.24, 2.45) is 0 Å². The molecule has 1 atom stereocenters. The van der Waals surface area contributed by atoms with E-state index >= 15 is 0 Å². The lowest BCUT2D eigenvalue weighted by molar-refractivity contribution is -0.130. The highest BCUT2D eigenvalue weighted by atomic mass is 19.1. The number of hydrogen-bond donors (Lipinski definition) is 1. The second-order valence-electron chi connectivity index (χ2n) is 7.38. The Kier molecular flexibility index (Phi) is 6.29. The van der Waals surface area contributed by atoms with Gasteiger partial charge in [0.1, 0.15) is 29.6 Å². The van der Waals surface area contributed by atoms with Crippen LogP contribution in [-0.2, 0) is 9.53 Å². The highest BCUT2D eigenvalue weighted by molar-refractivity contribution is 5.73. The molecule has 0 saturated carbocycles. The Hall–Kier alpha value is -1.77. The smallest absolute Gasteiger partial charge is 0.219 e. The van der Waals surface area contributed by atoms with Gasteiger partial charge in [0.25, 0.3) is 0 Å². The fourth-order valence-corrected chi connectivity index (χ4v) is 3.72. The summed E-state index contributed by atoms with van der Waals surface area (Å²) in [6.07, 6.45) is 1.68. The SMILES string of the molecule is CC(=O)N1CCC(N2CCOC[C@](O)(COc3cc(F)cc(F)c3)C2)CC1. The number of piperidine rings is 1. The van der Waals surface area contributed by atoms with E-state index in [1.807, 2.05) is 4.90 Å². The summed E-state index contributed by atoms with van der Waals surface area (Å²) in [5.74, 6) is -1.34. The summed E-state index contributed by atoms with van der Waals surface area (Å²) >= 11 is 0. The zero-order valence-corrected chi connectivity index (χ0v) is 15.5. The van der Waals surface area contributed by atoms with Gasteiger partial charge < -0.3 is 19.5 Å². The predicted octanol–water partition coefficient (Wildman–Crippen LogP) is 1.42. The molecule has 1 N–H and O–H groups in total. The van der Waals surface area contributed by atoms with E-state index in [4.69, 9.17) is 9.47 Å². The number of aliphatic hydroxyl groups is 1. The minimum absolute atomic E-state index is 0.0338. The van der Waals surface area contributed by atoms with Crippen LogP contribution in [0.2, 0.25) is 0 Å². The first-order valence-electron chi connectivity index (χ1n) is 9.23. The predicted molar refractivity (Wildman–Crippen MR) is 94.5 cm³/mol. The van der Waals surface area contributed by atoms with Crippen LogP contribution in [0.4, 0.5) is 8.78 Å². The zero-order chi connectivity index (χ0) is 19.4. The molecule has 0 bridgehead atoms. The molecule has 1 aromatic carbocycles. The third-order valence-electron chi connectivity index (χ3n) is 5.16. The van der Waals surface area contributed by atoms with Crippen LogP contribution in [0.25, 0.3) is 0 Å². The molecule has 0 spiro atoms. The number of β-amino-alcohol motifs (C(OH)–C–C–N with tert-alkyl or cyclic N) is 1. The van der Waals surface area contributed by atoms with Gasteiger partial charge in [-0.05, 0) is 12.8 Å². The Labute approximate surface area is 157 Å². The lowest BCUT2D eigenvalue weighted by Crippen LogP contribution is -2.53. The Morgan fingerprint density at radius 1 is 1.26 bits per heavy atom. The first kappa shape index (κ1) is 20.0. The van der Waals surface area contributed by atoms with Gasteiger partial charge in [-0.2, -0.15) is 0 Å². The van der Waals surface area contributed by atoms with Gasteiger partial charge in [0, 0.05) is 57.3 Å². The van der Waals surface area contributed by atoms with Crippen LogP contribution in [0.5, 0.6) is 5.75 Å². The number of likely N-dealkylation sites (tertiary alicyclic amines) is 1. The summed E-state index contributed by atoms with van der Waals surface area (Å²) in [7, 11) is 0. The maximum Gasteiger partial charge on any atom is 0.219 e. The van der Waals surface area contributed by atoms with Crippen molar-refractivity contribution in [2.45, 2.75) is 31.4 Å². The van der Waals surface area contributed by atoms with Crippen molar-refractivity contribution in [1.82, 2.24) is 9.80 Å². The van der Waals surface area contributed by atoms with E-state index in [2.05, 4.69) is 4.90 Å². The molecule has 6 nitrogen and oxygen atoms in total. The quantitative estimate of drug-likeness (QED) is 0.851. The molecule has 27 heavy (non-hydrogen) atoms. The van der Waals surface area contributed by atoms with Gasteiger partial charge in [-0.15, -0.1) is 0 Å². The largest absolute Gasteiger partial charge is 0.490 e. The first-order valence-corrected chi connectivity index (χ1v) is 9.23. The molecule has 0 aliphatic carbocycles. The van der Waals surface area contributed by atoms with Crippen molar-refractivity contribution in [1.29, 1.82) is 0 Å². The van der Waals surface area contributed by atoms with Crippen LogP contribution in [0.3, 0.4) is 0 Å². The van der Waals surface area contributed by atoms with Gasteiger partial charge in [-0.3, -0.25) is 9.69 Å². The van der Waals surface area contributed by atoms with Crippen molar-refractivity contribution in [2.75, 3.05) is 46.0 Å². The molecule has 0 radical (unpaired) electrons. The van der Waals surface area contributed by atoms with Crippen molar-refractivity contribution in [3.05, 3.63) is 29.8 Å². The number of halogens is 2. The van der Waals surface area contributed by atoms with Crippen LogP contribution in [-0.4, -0.2) is 78.5 Å². The number of carbonyl (C=O) groups excluding carboxylic acids is 1. The summed E-state index contributed by atoms with van der Waals surface area (Å²) in [6, 6.07) is 3.18. The van der Waals surface area contributed by atoms with Crippen LogP contribution in [0.15, 0.2) is 18.2 Å². The van der Waals surface area contributed by atoms with E-state index < -0.39 is 17.2 Å². The number of carbonyl (C=O) groups is 1. The summed E-state index contributed by atoms with van der Waals surface area (Å²) in [5, 5.41) is 10.9. The molecule has 150 valence electrons. The normalized spacial score (nSPS) is 25.3. The average molecular weight is 384 g/mol. The lowest BCUT2D eigenvalue weighted by Gasteiger charge is -2.40. The second kappa shape index (κ2) is 8.50. The molecule has 0 aromatic heterocycles. The van der Waals surface area contributed by atoms with Crippen LogP contribution in [0.1, 0.15) is 19.8 Å². The fourth-order valence-electron chi connectivity index (χ4n) is 3.72. The first-order chi connectivity index (χ1) is 12.8. The molecule has 2 aliphatic rings. The number of amides is 1. The molecule has 2 fully saturated rings. The van der Waals surface area contributed by atoms with Gasteiger partial charge in [0.15, 0.2) is 0 Å². The van der Waals surface area contributed by atoms with E-state index in [0.29, 0.717) is 32.8 Å². The minimum atomic E-state index is -1.28. The maximum atomic E-state index is 13.3. The Morgan fingerprint density at radius 3 is 2.56 bits per heavy atom. The van der Waals surface area contributed by atoms with Crippen LogP contribution in [0, 0.1) is 11.6 Å². The molecule has 2 saturated heterocycles. The van der Waals surface area contributed by atoms with E-state index in [9.17, 15) is 18.7 Å². The van der Waals surface area contributed by atoms with E-state index in [-0.39, 0.29) is 30.9 Å². The lowest BCUT2D eigenvalue weighted by atomic mass is 9.99. The summed E-state index contributed by atoms with van der Waals surface area (Å²) in [6.45, 7) is 4.46. The summed E-state index contributed by atoms with van der Waals surface area (Å²) < 4.78 is 37.6. The molecule has 0 unspecified atom stereocenters. The Balaban J connectivity index is 1.60. The van der Waals surface area contributed by atoms with Crippen molar-refractivity contribution >= 4 is 5.91 Å². The molecule has 8 heteroatoms. The Morgan fingerprint density at radius 2 is 1.93 bits per heavy atom. The zero-order valence-electron chi connectivity index (χ0n) is 15.5. The number of ether oxygens (including phenoxy) is 2. The molecular weight excluding hydrogens is 358 g/mol. The number of rotatable bonds is 4. The maximum absolute atomic E-state index is 13.3. The highest BCUT2D eigenvalue weighted by Gasteiger charge is 2.37. The number of benzene rings is 1. The fraction of sp³-hybridized carbons (Fsp3) is 0.632. The summed E-state index contributed by atoms with van der Waals surface area (Å²) in [5.41, 5.74) is -1.28. The standard InChI is InChI=1S/C19H26F2N2O4/c1-14(24)22-4-2-17(3-5-22)23-6-7-26-12-19(25,11-23)13-27-18-9-15(20)8-16(21)10-18/h8-10,17,25H,2-7,11-13H2,1H3/t19-/m0/s1. The second-order valence-corrected chi connectivity index (χ2v) is 7.38. The van der Waals surface area contributed by atoms with Crippen LogP contribution < -0.4 is 4.74 Å². The van der Waals surface area contributed by atoms with Gasteiger partial charge in [0.05, 0.1) is 13.2 Å². The minimum Gasteiger partial charge on any atom is -0.490 e. The third-order valence-corrected chi connectivity index (χ3v) is 5.16. The molecule has 2 heterocycles. The molecular formula is C19H26F2N2O4. The highest BCUT2D eigenvalue weighted by Crippen LogP contribution is 2.23. The van der Waals surface area contributed by atoms with Crippen molar-refractivity contribution in [3.63, 3.8) is 0 Å². The number of nitrogens with zero attached hydrogens (tertiary/aromatic N) is 2. The average Bonchev–Trinajstić information content (AvgIpc) is 2.82.